The fraction of sp³-hybridized carbons (Fsp3) is 0.308. The highest BCUT2D eigenvalue weighted by molar-refractivity contribution is 5.81. The second-order valence-corrected chi connectivity index (χ2v) is 3.70. The summed E-state index contributed by atoms with van der Waals surface area (Å²) in [5.74, 6) is 2.64. The molecule has 1 heterocycles. The van der Waals surface area contributed by atoms with E-state index in [0.717, 1.165) is 36.0 Å². The summed E-state index contributed by atoms with van der Waals surface area (Å²) < 4.78 is 1.99. The van der Waals surface area contributed by atoms with E-state index in [4.69, 9.17) is 12.2 Å². The van der Waals surface area contributed by atoms with Crippen molar-refractivity contribution in [3.05, 3.63) is 30.0 Å². The summed E-state index contributed by atoms with van der Waals surface area (Å²) >= 11 is 0. The maximum Gasteiger partial charge on any atom is 0.0838 e. The predicted molar refractivity (Wildman–Crippen MR) is 65.7 cm³/mol. The molecule has 0 atom stereocenters. The van der Waals surface area contributed by atoms with E-state index in [9.17, 15) is 0 Å². The van der Waals surface area contributed by atoms with Crippen molar-refractivity contribution in [1.82, 2.24) is 9.78 Å². The molecule has 0 saturated carbocycles. The first-order valence-corrected chi connectivity index (χ1v) is 5.44. The zero-order chi connectivity index (χ0) is 11.4. The third-order valence-electron chi connectivity index (χ3n) is 2.62. The van der Waals surface area contributed by atoms with Gasteiger partial charge in [-0.25, -0.2) is 0 Å². The van der Waals surface area contributed by atoms with Gasteiger partial charge in [-0.1, -0.05) is 18.2 Å². The van der Waals surface area contributed by atoms with Crippen LogP contribution in [0.1, 0.15) is 18.5 Å². The Labute approximate surface area is 95.2 Å². The molecule has 0 unspecified atom stereocenters. The van der Waals surface area contributed by atoms with E-state index < -0.39 is 0 Å². The van der Waals surface area contributed by atoms with Gasteiger partial charge in [0.1, 0.15) is 0 Å². The molecule has 0 fully saturated rings. The van der Waals surface area contributed by atoms with Crippen LogP contribution in [0, 0.1) is 12.3 Å². The molecule has 0 bridgehead atoms. The van der Waals surface area contributed by atoms with E-state index in [-0.39, 0.29) is 0 Å². The first-order chi connectivity index (χ1) is 7.86. The summed E-state index contributed by atoms with van der Waals surface area (Å²) in [6, 6.07) is 8.15. The fourth-order valence-electron chi connectivity index (χ4n) is 1.85. The molecule has 0 spiro atoms. The van der Waals surface area contributed by atoms with Gasteiger partial charge < -0.3 is 5.73 Å². The number of fused-ring (bicyclic) bond motifs is 1. The van der Waals surface area contributed by atoms with Gasteiger partial charge in [0, 0.05) is 24.9 Å². The molecule has 2 N–H and O–H groups in total. The zero-order valence-electron chi connectivity index (χ0n) is 9.19. The van der Waals surface area contributed by atoms with Gasteiger partial charge in [-0.15, -0.1) is 12.3 Å². The minimum atomic E-state index is 0.475. The molecule has 2 rings (SSSR count). The Bertz CT molecular complexity index is 519. The second kappa shape index (κ2) is 4.82. The van der Waals surface area contributed by atoms with E-state index in [1.54, 1.807) is 0 Å². The molecule has 0 radical (unpaired) electrons. The number of unbranched alkanes of at least 4 members (excludes halogenated alkanes) is 1. The maximum atomic E-state index is 5.68. The molecule has 82 valence electrons. The van der Waals surface area contributed by atoms with Crippen LogP contribution in [-0.4, -0.2) is 9.78 Å². The lowest BCUT2D eigenvalue weighted by Gasteiger charge is -2.00. The maximum absolute atomic E-state index is 5.68. The van der Waals surface area contributed by atoms with Crippen LogP contribution in [0.25, 0.3) is 10.9 Å². The van der Waals surface area contributed by atoms with Crippen LogP contribution in [-0.2, 0) is 13.1 Å². The zero-order valence-corrected chi connectivity index (χ0v) is 9.19. The molecule has 1 aromatic heterocycles. The topological polar surface area (TPSA) is 43.8 Å². The number of hydrogen-bond acceptors (Lipinski definition) is 2. The third-order valence-corrected chi connectivity index (χ3v) is 2.62. The van der Waals surface area contributed by atoms with Crippen molar-refractivity contribution in [1.29, 1.82) is 0 Å². The van der Waals surface area contributed by atoms with Crippen molar-refractivity contribution in [3.63, 3.8) is 0 Å². The molecule has 0 amide bonds. The van der Waals surface area contributed by atoms with E-state index >= 15 is 0 Å². The lowest BCUT2D eigenvalue weighted by Crippen LogP contribution is -2.02. The minimum Gasteiger partial charge on any atom is -0.325 e. The van der Waals surface area contributed by atoms with Crippen LogP contribution in [0.3, 0.4) is 0 Å². The SMILES string of the molecule is C#CCCCn1nc(CN)c2ccccc21. The lowest BCUT2D eigenvalue weighted by atomic mass is 10.2. The van der Waals surface area contributed by atoms with E-state index in [2.05, 4.69) is 23.2 Å². The Morgan fingerprint density at radius 3 is 2.94 bits per heavy atom. The molecule has 2 aromatic rings. The first kappa shape index (κ1) is 10.7. The number of hydrogen-bond donors (Lipinski definition) is 1. The van der Waals surface area contributed by atoms with Crippen molar-refractivity contribution in [2.75, 3.05) is 0 Å². The van der Waals surface area contributed by atoms with E-state index in [1.165, 1.54) is 0 Å². The fourth-order valence-corrected chi connectivity index (χ4v) is 1.85. The number of para-hydroxylation sites is 1. The average molecular weight is 213 g/mol. The number of nitrogens with zero attached hydrogens (tertiary/aromatic N) is 2. The van der Waals surface area contributed by atoms with Crippen molar-refractivity contribution in [3.8, 4) is 12.3 Å². The number of aromatic nitrogens is 2. The summed E-state index contributed by atoms with van der Waals surface area (Å²) in [5.41, 5.74) is 7.77. The van der Waals surface area contributed by atoms with Crippen LogP contribution in [0.2, 0.25) is 0 Å². The molecule has 0 saturated heterocycles. The molecular formula is C13H15N3. The molecular weight excluding hydrogens is 198 g/mol. The number of terminal acetylenes is 1. The molecule has 0 aliphatic rings. The Morgan fingerprint density at radius 1 is 1.38 bits per heavy atom. The largest absolute Gasteiger partial charge is 0.325 e. The van der Waals surface area contributed by atoms with Gasteiger partial charge in [-0.3, -0.25) is 4.68 Å². The molecule has 3 heteroatoms. The van der Waals surface area contributed by atoms with Crippen molar-refractivity contribution >= 4 is 10.9 Å². The van der Waals surface area contributed by atoms with Gasteiger partial charge >= 0.3 is 0 Å². The lowest BCUT2D eigenvalue weighted by molar-refractivity contribution is 0.597. The standard InChI is InChI=1S/C13H15N3/c1-2-3-6-9-16-13-8-5-4-7-11(13)12(10-14)15-16/h1,4-5,7-8H,3,6,9-10,14H2. The van der Waals surface area contributed by atoms with Crippen molar-refractivity contribution in [2.45, 2.75) is 25.9 Å². The van der Waals surface area contributed by atoms with Gasteiger partial charge in [-0.2, -0.15) is 5.10 Å². The number of rotatable bonds is 4. The van der Waals surface area contributed by atoms with Crippen LogP contribution in [0.4, 0.5) is 0 Å². The Balaban J connectivity index is 2.34. The normalized spacial score (nSPS) is 10.5. The summed E-state index contributed by atoms with van der Waals surface area (Å²) in [5, 5.41) is 5.65. The number of aryl methyl sites for hydroxylation is 1. The highest BCUT2D eigenvalue weighted by Gasteiger charge is 2.07. The summed E-state index contributed by atoms with van der Waals surface area (Å²) in [6.07, 6.45) is 6.97. The average Bonchev–Trinajstić information content (AvgIpc) is 2.68. The monoisotopic (exact) mass is 213 g/mol. The van der Waals surface area contributed by atoms with Gasteiger partial charge in [0.05, 0.1) is 11.2 Å². The van der Waals surface area contributed by atoms with Crippen LogP contribution < -0.4 is 5.73 Å². The Hall–Kier alpha value is -1.79. The Kier molecular flexibility index (Phi) is 3.23. The highest BCUT2D eigenvalue weighted by Crippen LogP contribution is 2.18. The molecule has 16 heavy (non-hydrogen) atoms. The molecule has 3 nitrogen and oxygen atoms in total. The molecule has 1 aromatic carbocycles. The molecule has 0 aliphatic carbocycles. The van der Waals surface area contributed by atoms with Crippen LogP contribution in [0.15, 0.2) is 24.3 Å². The quantitative estimate of drug-likeness (QED) is 0.622. The van der Waals surface area contributed by atoms with E-state index in [0.29, 0.717) is 6.54 Å². The van der Waals surface area contributed by atoms with Gasteiger partial charge in [0.15, 0.2) is 0 Å². The third kappa shape index (κ3) is 1.93. The number of benzene rings is 1. The smallest absolute Gasteiger partial charge is 0.0838 e. The summed E-state index contributed by atoms with van der Waals surface area (Å²) in [6.45, 7) is 1.33. The minimum absolute atomic E-state index is 0.475. The molecule has 0 aliphatic heterocycles. The van der Waals surface area contributed by atoms with Gasteiger partial charge in [-0.05, 0) is 12.5 Å². The Morgan fingerprint density at radius 2 is 2.19 bits per heavy atom. The highest BCUT2D eigenvalue weighted by atomic mass is 15.3. The van der Waals surface area contributed by atoms with Crippen molar-refractivity contribution in [2.24, 2.45) is 5.73 Å². The second-order valence-electron chi connectivity index (χ2n) is 3.70. The predicted octanol–water partition coefficient (Wildman–Crippen LogP) is 1.91. The summed E-state index contributed by atoms with van der Waals surface area (Å²) in [4.78, 5) is 0. The van der Waals surface area contributed by atoms with Gasteiger partial charge in [0.2, 0.25) is 0 Å². The van der Waals surface area contributed by atoms with Gasteiger partial charge in [0.25, 0.3) is 0 Å². The van der Waals surface area contributed by atoms with Crippen molar-refractivity contribution < 1.29 is 0 Å². The summed E-state index contributed by atoms with van der Waals surface area (Å²) in [7, 11) is 0. The van der Waals surface area contributed by atoms with E-state index in [1.807, 2.05) is 16.8 Å². The van der Waals surface area contributed by atoms with Crippen LogP contribution >= 0.6 is 0 Å². The number of nitrogens with two attached hydrogens (primary N) is 1. The van der Waals surface area contributed by atoms with Crippen LogP contribution in [0.5, 0.6) is 0 Å². The first-order valence-electron chi connectivity index (χ1n) is 5.44.